The van der Waals surface area contributed by atoms with Crippen molar-refractivity contribution in [1.29, 1.82) is 0 Å². The van der Waals surface area contributed by atoms with Crippen molar-refractivity contribution in [1.82, 2.24) is 15.1 Å². The van der Waals surface area contributed by atoms with E-state index in [2.05, 4.69) is 56.3 Å². The van der Waals surface area contributed by atoms with E-state index in [0.29, 0.717) is 6.54 Å². The molecule has 0 aliphatic carbocycles. The van der Waals surface area contributed by atoms with Gasteiger partial charge in [-0.15, -0.1) is 0 Å². The van der Waals surface area contributed by atoms with Gasteiger partial charge in [0.05, 0.1) is 11.8 Å². The minimum absolute atomic E-state index is 0.00373. The molecule has 2 N–H and O–H groups in total. The lowest BCUT2D eigenvalue weighted by atomic mass is 9.81. The number of carbonyl (C=O) groups excluding carboxylic acids is 1. The van der Waals surface area contributed by atoms with E-state index in [1.54, 1.807) is 0 Å². The van der Waals surface area contributed by atoms with Gasteiger partial charge < -0.3 is 10.4 Å². The number of hydrogen-bond donors (Lipinski definition) is 2. The lowest BCUT2D eigenvalue weighted by Crippen LogP contribution is -2.38. The summed E-state index contributed by atoms with van der Waals surface area (Å²) in [6.07, 6.45) is 2.58. The predicted octanol–water partition coefficient (Wildman–Crippen LogP) is 2.29. The summed E-state index contributed by atoms with van der Waals surface area (Å²) in [4.78, 5) is 22.9. The van der Waals surface area contributed by atoms with Crippen LogP contribution in [-0.2, 0) is 16.8 Å². The minimum Gasteiger partial charge on any atom is -0.478 e. The van der Waals surface area contributed by atoms with E-state index < -0.39 is 5.97 Å². The Morgan fingerprint density at radius 2 is 2.00 bits per heavy atom. The van der Waals surface area contributed by atoms with Crippen molar-refractivity contribution >= 4 is 11.9 Å². The monoisotopic (exact) mass is 329 g/mol. The van der Waals surface area contributed by atoms with Crippen LogP contribution in [0.5, 0.6) is 0 Å². The highest BCUT2D eigenvalue weighted by molar-refractivity contribution is 5.87. The number of rotatable bonds is 6. The molecule has 0 radical (unpaired) electrons. The van der Waals surface area contributed by atoms with Gasteiger partial charge in [0.25, 0.3) is 0 Å². The second-order valence-corrected chi connectivity index (χ2v) is 6.71. The molecule has 6 nitrogen and oxygen atoms in total. The van der Waals surface area contributed by atoms with Gasteiger partial charge in [0.2, 0.25) is 5.91 Å². The molecule has 0 fully saturated rings. The van der Waals surface area contributed by atoms with Crippen molar-refractivity contribution in [2.24, 2.45) is 0 Å². The maximum absolute atomic E-state index is 12.1. The second kappa shape index (κ2) is 6.86. The molecule has 0 atom stereocenters. The summed E-state index contributed by atoms with van der Waals surface area (Å²) in [5.41, 5.74) is 3.47. The normalized spacial score (nSPS) is 11.3. The van der Waals surface area contributed by atoms with Crippen LogP contribution in [0.3, 0.4) is 0 Å². The molecule has 24 heavy (non-hydrogen) atoms. The van der Waals surface area contributed by atoms with E-state index in [-0.39, 0.29) is 23.4 Å². The second-order valence-electron chi connectivity index (χ2n) is 6.71. The molecule has 1 amide bonds. The van der Waals surface area contributed by atoms with Gasteiger partial charge in [-0.05, 0) is 25.0 Å². The molecular weight excluding hydrogens is 306 g/mol. The standard InChI is InChI=1S/C18H23N3O3/c1-12-5-6-15(13(2)7-12)18(3,4)11-19-16(22)10-21-9-14(8-20-21)17(23)24/h5-9H,10-11H2,1-4H3,(H,19,22)(H,23,24). The lowest BCUT2D eigenvalue weighted by Gasteiger charge is -2.27. The van der Waals surface area contributed by atoms with Gasteiger partial charge in [0.1, 0.15) is 6.54 Å². The van der Waals surface area contributed by atoms with Crippen LogP contribution in [0.1, 0.15) is 40.9 Å². The average molecular weight is 329 g/mol. The van der Waals surface area contributed by atoms with Gasteiger partial charge in [0, 0.05) is 18.2 Å². The minimum atomic E-state index is -1.06. The summed E-state index contributed by atoms with van der Waals surface area (Å²) < 4.78 is 1.32. The Kier molecular flexibility index (Phi) is 5.07. The molecule has 1 heterocycles. The van der Waals surface area contributed by atoms with Gasteiger partial charge in [-0.2, -0.15) is 5.10 Å². The van der Waals surface area contributed by atoms with Gasteiger partial charge in [0.15, 0.2) is 0 Å². The highest BCUT2D eigenvalue weighted by Crippen LogP contribution is 2.26. The molecule has 1 aromatic heterocycles. The van der Waals surface area contributed by atoms with Gasteiger partial charge >= 0.3 is 5.97 Å². The number of nitrogens with zero attached hydrogens (tertiary/aromatic N) is 2. The average Bonchev–Trinajstić information content (AvgIpc) is 2.93. The van der Waals surface area contributed by atoms with Crippen LogP contribution in [0.25, 0.3) is 0 Å². The van der Waals surface area contributed by atoms with E-state index in [1.807, 2.05) is 0 Å². The van der Waals surface area contributed by atoms with Crippen molar-refractivity contribution in [3.63, 3.8) is 0 Å². The molecule has 2 rings (SSSR count). The zero-order valence-corrected chi connectivity index (χ0v) is 14.5. The fourth-order valence-corrected chi connectivity index (χ4v) is 2.75. The van der Waals surface area contributed by atoms with Gasteiger partial charge in [-0.1, -0.05) is 37.6 Å². The summed E-state index contributed by atoms with van der Waals surface area (Å²) in [6, 6.07) is 6.31. The molecule has 0 aliphatic rings. The van der Waals surface area contributed by atoms with Gasteiger partial charge in [-0.3, -0.25) is 9.48 Å². The summed E-state index contributed by atoms with van der Waals surface area (Å²) in [5.74, 6) is -1.26. The van der Waals surface area contributed by atoms with Crippen molar-refractivity contribution in [3.05, 3.63) is 52.8 Å². The Bertz CT molecular complexity index is 763. The highest BCUT2D eigenvalue weighted by Gasteiger charge is 2.23. The number of nitrogens with one attached hydrogen (secondary N) is 1. The summed E-state index contributed by atoms with van der Waals surface area (Å²) in [7, 11) is 0. The predicted molar refractivity (Wildman–Crippen MR) is 91.1 cm³/mol. The fraction of sp³-hybridized carbons (Fsp3) is 0.389. The molecule has 0 bridgehead atoms. The van der Waals surface area contributed by atoms with Crippen LogP contribution in [0, 0.1) is 13.8 Å². The molecule has 0 unspecified atom stereocenters. The number of carboxylic acid groups (broad SMARTS) is 1. The third-order valence-corrected chi connectivity index (χ3v) is 4.02. The molecule has 0 saturated heterocycles. The Hall–Kier alpha value is -2.63. The number of carboxylic acids is 1. The Morgan fingerprint density at radius 1 is 1.29 bits per heavy atom. The molecule has 6 heteroatoms. The lowest BCUT2D eigenvalue weighted by molar-refractivity contribution is -0.122. The fourth-order valence-electron chi connectivity index (χ4n) is 2.75. The maximum atomic E-state index is 12.1. The third-order valence-electron chi connectivity index (χ3n) is 4.02. The van der Waals surface area contributed by atoms with Crippen molar-refractivity contribution in [2.75, 3.05) is 6.54 Å². The smallest absolute Gasteiger partial charge is 0.338 e. The van der Waals surface area contributed by atoms with Crippen LogP contribution in [-0.4, -0.2) is 33.3 Å². The quantitative estimate of drug-likeness (QED) is 0.851. The van der Waals surface area contributed by atoms with Crippen molar-refractivity contribution < 1.29 is 14.7 Å². The van der Waals surface area contributed by atoms with E-state index in [1.165, 1.54) is 33.8 Å². The third kappa shape index (κ3) is 4.22. The molecular formula is C18H23N3O3. The molecule has 1 aromatic carbocycles. The largest absolute Gasteiger partial charge is 0.478 e. The maximum Gasteiger partial charge on any atom is 0.338 e. The van der Waals surface area contributed by atoms with E-state index in [9.17, 15) is 9.59 Å². The number of aromatic nitrogens is 2. The Balaban J connectivity index is 1.97. The Morgan fingerprint density at radius 3 is 2.58 bits per heavy atom. The number of carbonyl (C=O) groups is 2. The number of benzene rings is 1. The van der Waals surface area contributed by atoms with E-state index in [4.69, 9.17) is 5.11 Å². The number of amides is 1. The first-order valence-electron chi connectivity index (χ1n) is 7.79. The molecule has 128 valence electrons. The van der Waals surface area contributed by atoms with E-state index >= 15 is 0 Å². The topological polar surface area (TPSA) is 84.2 Å². The van der Waals surface area contributed by atoms with Crippen LogP contribution in [0.2, 0.25) is 0 Å². The highest BCUT2D eigenvalue weighted by atomic mass is 16.4. The first-order chi connectivity index (χ1) is 11.2. The van der Waals surface area contributed by atoms with Crippen LogP contribution in [0.4, 0.5) is 0 Å². The summed E-state index contributed by atoms with van der Waals surface area (Å²) in [5, 5.41) is 15.6. The molecule has 0 aliphatic heterocycles. The number of hydrogen-bond acceptors (Lipinski definition) is 3. The molecule has 2 aromatic rings. The van der Waals surface area contributed by atoms with Crippen LogP contribution in [0.15, 0.2) is 30.6 Å². The summed E-state index contributed by atoms with van der Waals surface area (Å²) >= 11 is 0. The first kappa shape index (κ1) is 17.7. The molecule has 0 saturated carbocycles. The molecule has 0 spiro atoms. The van der Waals surface area contributed by atoms with Gasteiger partial charge in [-0.25, -0.2) is 4.79 Å². The van der Waals surface area contributed by atoms with Crippen LogP contribution >= 0.6 is 0 Å². The van der Waals surface area contributed by atoms with Crippen molar-refractivity contribution in [2.45, 2.75) is 39.7 Å². The number of aromatic carboxylic acids is 1. The number of aryl methyl sites for hydroxylation is 2. The zero-order valence-electron chi connectivity index (χ0n) is 14.5. The zero-order chi connectivity index (χ0) is 17.9. The van der Waals surface area contributed by atoms with E-state index in [0.717, 1.165) is 0 Å². The SMILES string of the molecule is Cc1ccc(C(C)(C)CNC(=O)Cn2cc(C(=O)O)cn2)c(C)c1. The summed E-state index contributed by atoms with van der Waals surface area (Å²) in [6.45, 7) is 8.78. The van der Waals surface area contributed by atoms with Crippen LogP contribution < -0.4 is 5.32 Å². The Labute approximate surface area is 141 Å². The first-order valence-corrected chi connectivity index (χ1v) is 7.79. The van der Waals surface area contributed by atoms with Crippen molar-refractivity contribution in [3.8, 4) is 0 Å².